The van der Waals surface area contributed by atoms with Gasteiger partial charge in [0.1, 0.15) is 0 Å². The molecule has 1 aromatic carbocycles. The lowest BCUT2D eigenvalue weighted by atomic mass is 10.3. The number of azide groups is 1. The summed E-state index contributed by atoms with van der Waals surface area (Å²) in [4.78, 5) is 15.9. The zero-order valence-corrected chi connectivity index (χ0v) is 13.4. The first-order chi connectivity index (χ1) is 11.0. The van der Waals surface area contributed by atoms with Gasteiger partial charge in [0.15, 0.2) is 0 Å². The molecule has 0 bridgehead atoms. The Morgan fingerprint density at radius 1 is 1.26 bits per heavy atom. The van der Waals surface area contributed by atoms with E-state index in [4.69, 9.17) is 10.3 Å². The van der Waals surface area contributed by atoms with Gasteiger partial charge in [0.2, 0.25) is 10.0 Å². The number of nitrogens with zero attached hydrogens (tertiary/aromatic N) is 5. The normalized spacial score (nSPS) is 15.8. The van der Waals surface area contributed by atoms with Gasteiger partial charge in [0, 0.05) is 36.8 Å². The summed E-state index contributed by atoms with van der Waals surface area (Å²) < 4.78 is 31.3. The molecule has 9 nitrogen and oxygen atoms in total. The van der Waals surface area contributed by atoms with E-state index in [1.807, 2.05) is 0 Å². The standard InChI is InChI=1S/C13H17N5O4S/c1-2-22-13(19)17-7-9-18(10-8-17)23(20,21)12-5-3-11(4-6-12)15-16-14/h3-6H,2,7-10H2,1H3. The molecule has 124 valence electrons. The maximum Gasteiger partial charge on any atom is 0.409 e. The second-order valence-electron chi connectivity index (χ2n) is 4.77. The van der Waals surface area contributed by atoms with Crippen molar-refractivity contribution in [3.63, 3.8) is 0 Å². The van der Waals surface area contributed by atoms with Crippen molar-refractivity contribution in [1.82, 2.24) is 9.21 Å². The maximum atomic E-state index is 12.5. The molecule has 1 aromatic rings. The van der Waals surface area contributed by atoms with Gasteiger partial charge in [-0.2, -0.15) is 4.31 Å². The molecule has 1 aliphatic rings. The first-order valence-corrected chi connectivity index (χ1v) is 8.50. The van der Waals surface area contributed by atoms with Gasteiger partial charge in [-0.3, -0.25) is 0 Å². The fourth-order valence-electron chi connectivity index (χ4n) is 2.21. The predicted molar refractivity (Wildman–Crippen MR) is 82.6 cm³/mol. The van der Waals surface area contributed by atoms with E-state index in [0.717, 1.165) is 0 Å². The van der Waals surface area contributed by atoms with Crippen molar-refractivity contribution in [3.8, 4) is 0 Å². The Morgan fingerprint density at radius 3 is 2.39 bits per heavy atom. The topological polar surface area (TPSA) is 116 Å². The molecule has 0 unspecified atom stereocenters. The molecule has 1 amide bonds. The van der Waals surface area contributed by atoms with Crippen LogP contribution in [0.15, 0.2) is 34.3 Å². The van der Waals surface area contributed by atoms with Crippen molar-refractivity contribution < 1.29 is 17.9 Å². The Labute approximate surface area is 134 Å². The summed E-state index contributed by atoms with van der Waals surface area (Å²) in [5.74, 6) is 0. The second-order valence-corrected chi connectivity index (χ2v) is 6.71. The number of amides is 1. The molecule has 0 aliphatic carbocycles. The zero-order chi connectivity index (χ0) is 16.9. The number of ether oxygens (including phenoxy) is 1. The molecule has 0 spiro atoms. The highest BCUT2D eigenvalue weighted by Gasteiger charge is 2.30. The van der Waals surface area contributed by atoms with Crippen LogP contribution in [0, 0.1) is 0 Å². The Morgan fingerprint density at radius 2 is 1.87 bits per heavy atom. The number of sulfonamides is 1. The van der Waals surface area contributed by atoms with Crippen molar-refractivity contribution in [2.75, 3.05) is 32.8 Å². The number of hydrogen-bond donors (Lipinski definition) is 0. The SMILES string of the molecule is CCOC(=O)N1CCN(S(=O)(=O)c2ccc(N=[N+]=[N-])cc2)CC1. The van der Waals surface area contributed by atoms with Crippen LogP contribution in [0.4, 0.5) is 10.5 Å². The lowest BCUT2D eigenvalue weighted by molar-refractivity contribution is 0.0934. The Kier molecular flexibility index (Phi) is 5.43. The van der Waals surface area contributed by atoms with Crippen molar-refractivity contribution in [3.05, 3.63) is 34.7 Å². The summed E-state index contributed by atoms with van der Waals surface area (Å²) in [7, 11) is -3.64. The van der Waals surface area contributed by atoms with Crippen LogP contribution >= 0.6 is 0 Å². The van der Waals surface area contributed by atoms with Crippen LogP contribution in [0.5, 0.6) is 0 Å². The average molecular weight is 339 g/mol. The van der Waals surface area contributed by atoms with Gasteiger partial charge in [-0.05, 0) is 24.6 Å². The third-order valence-corrected chi connectivity index (χ3v) is 5.31. The Balaban J connectivity index is 2.06. The molecule has 0 radical (unpaired) electrons. The van der Waals surface area contributed by atoms with E-state index in [0.29, 0.717) is 5.69 Å². The molecular weight excluding hydrogens is 322 g/mol. The molecule has 0 atom stereocenters. The van der Waals surface area contributed by atoms with Crippen LogP contribution in [0.25, 0.3) is 10.4 Å². The average Bonchev–Trinajstić information content (AvgIpc) is 2.56. The number of hydrogen-bond acceptors (Lipinski definition) is 5. The number of carbonyl (C=O) groups excluding carboxylic acids is 1. The van der Waals surface area contributed by atoms with Crippen molar-refractivity contribution in [2.45, 2.75) is 11.8 Å². The van der Waals surface area contributed by atoms with E-state index in [-0.39, 0.29) is 37.7 Å². The number of piperazine rings is 1. The van der Waals surface area contributed by atoms with E-state index >= 15 is 0 Å². The first kappa shape index (κ1) is 17.1. The number of benzene rings is 1. The summed E-state index contributed by atoms with van der Waals surface area (Å²) in [5.41, 5.74) is 8.70. The summed E-state index contributed by atoms with van der Waals surface area (Å²) in [6, 6.07) is 5.69. The Bertz CT molecular complexity index is 704. The van der Waals surface area contributed by atoms with Crippen LogP contribution < -0.4 is 0 Å². The molecule has 2 rings (SSSR count). The molecule has 0 saturated carbocycles. The minimum Gasteiger partial charge on any atom is -0.450 e. The van der Waals surface area contributed by atoms with Gasteiger partial charge < -0.3 is 9.64 Å². The fraction of sp³-hybridized carbons (Fsp3) is 0.462. The molecule has 1 fully saturated rings. The fourth-order valence-corrected chi connectivity index (χ4v) is 3.63. The lowest BCUT2D eigenvalue weighted by Gasteiger charge is -2.33. The highest BCUT2D eigenvalue weighted by Crippen LogP contribution is 2.21. The molecule has 1 heterocycles. The molecule has 1 aliphatic heterocycles. The minimum absolute atomic E-state index is 0.124. The summed E-state index contributed by atoms with van der Waals surface area (Å²) in [6.45, 7) is 3.00. The number of carbonyl (C=O) groups is 1. The highest BCUT2D eigenvalue weighted by molar-refractivity contribution is 7.89. The maximum absolute atomic E-state index is 12.5. The van der Waals surface area contributed by atoms with E-state index in [2.05, 4.69) is 10.0 Å². The van der Waals surface area contributed by atoms with Gasteiger partial charge in [-0.1, -0.05) is 17.2 Å². The molecular formula is C13H17N5O4S. The van der Waals surface area contributed by atoms with Crippen LogP contribution in [-0.2, 0) is 14.8 Å². The summed E-state index contributed by atoms with van der Waals surface area (Å²) >= 11 is 0. The lowest BCUT2D eigenvalue weighted by Crippen LogP contribution is -2.50. The van der Waals surface area contributed by atoms with E-state index < -0.39 is 16.1 Å². The molecule has 10 heteroatoms. The molecule has 0 aromatic heterocycles. The van der Waals surface area contributed by atoms with E-state index in [1.165, 1.54) is 33.5 Å². The van der Waals surface area contributed by atoms with Gasteiger partial charge in [-0.25, -0.2) is 13.2 Å². The quantitative estimate of drug-likeness (QED) is 0.474. The van der Waals surface area contributed by atoms with E-state index in [1.54, 1.807) is 6.92 Å². The second kappa shape index (κ2) is 7.32. The van der Waals surface area contributed by atoms with Crippen LogP contribution in [0.2, 0.25) is 0 Å². The van der Waals surface area contributed by atoms with Crippen LogP contribution in [0.3, 0.4) is 0 Å². The molecule has 23 heavy (non-hydrogen) atoms. The van der Waals surface area contributed by atoms with Gasteiger partial charge in [0.05, 0.1) is 11.5 Å². The highest BCUT2D eigenvalue weighted by atomic mass is 32.2. The summed E-state index contributed by atoms with van der Waals surface area (Å²) in [6.07, 6.45) is -0.428. The van der Waals surface area contributed by atoms with Gasteiger partial charge >= 0.3 is 6.09 Å². The van der Waals surface area contributed by atoms with Crippen LogP contribution in [0.1, 0.15) is 6.92 Å². The third kappa shape index (κ3) is 3.92. The largest absolute Gasteiger partial charge is 0.450 e. The third-order valence-electron chi connectivity index (χ3n) is 3.40. The predicted octanol–water partition coefficient (Wildman–Crippen LogP) is 2.09. The molecule has 1 saturated heterocycles. The van der Waals surface area contributed by atoms with Gasteiger partial charge in [0.25, 0.3) is 0 Å². The van der Waals surface area contributed by atoms with E-state index in [9.17, 15) is 13.2 Å². The summed E-state index contributed by atoms with van der Waals surface area (Å²) in [5, 5.41) is 3.40. The van der Waals surface area contributed by atoms with Gasteiger partial charge in [-0.15, -0.1) is 0 Å². The first-order valence-electron chi connectivity index (χ1n) is 7.06. The molecule has 0 N–H and O–H groups in total. The number of rotatable bonds is 4. The zero-order valence-electron chi connectivity index (χ0n) is 12.6. The van der Waals surface area contributed by atoms with Crippen molar-refractivity contribution in [2.24, 2.45) is 5.11 Å². The van der Waals surface area contributed by atoms with Crippen molar-refractivity contribution >= 4 is 21.8 Å². The Hall–Kier alpha value is -2.29. The smallest absolute Gasteiger partial charge is 0.409 e. The minimum atomic E-state index is -3.64. The monoisotopic (exact) mass is 339 g/mol. The van der Waals surface area contributed by atoms with Crippen molar-refractivity contribution in [1.29, 1.82) is 0 Å². The van der Waals surface area contributed by atoms with Crippen LogP contribution in [-0.4, -0.2) is 56.5 Å².